The number of hydrogen-bond acceptors (Lipinski definition) is 5. The number of carboxylic acid groups (broad SMARTS) is 1. The van der Waals surface area contributed by atoms with E-state index >= 15 is 0 Å². The lowest BCUT2D eigenvalue weighted by atomic mass is 9.82. The number of nitrogens with one attached hydrogen (secondary N) is 1. The molecule has 2 aliphatic carbocycles. The lowest BCUT2D eigenvalue weighted by Crippen LogP contribution is -2.42. The molecular formula is C24H23N2O3S-. The van der Waals surface area contributed by atoms with Gasteiger partial charge < -0.3 is 15.2 Å². The molecule has 4 rings (SSSR count). The summed E-state index contributed by atoms with van der Waals surface area (Å²) in [7, 11) is 0. The zero-order valence-electron chi connectivity index (χ0n) is 17.1. The summed E-state index contributed by atoms with van der Waals surface area (Å²) in [4.78, 5) is 25.6. The Bertz CT molecular complexity index is 1080. The van der Waals surface area contributed by atoms with Crippen LogP contribution in [0, 0.1) is 41.9 Å². The zero-order valence-corrected chi connectivity index (χ0v) is 18.0. The van der Waals surface area contributed by atoms with Crippen LogP contribution in [0.3, 0.4) is 0 Å². The third-order valence-corrected chi connectivity index (χ3v) is 7.35. The topological polar surface area (TPSA) is 93.0 Å². The van der Waals surface area contributed by atoms with Crippen molar-refractivity contribution in [2.75, 3.05) is 5.32 Å². The summed E-state index contributed by atoms with van der Waals surface area (Å²) < 4.78 is 0. The van der Waals surface area contributed by atoms with Crippen molar-refractivity contribution in [3.05, 3.63) is 52.4 Å². The predicted molar refractivity (Wildman–Crippen MR) is 115 cm³/mol. The first-order valence-electron chi connectivity index (χ1n) is 10.2. The van der Waals surface area contributed by atoms with Crippen LogP contribution in [-0.2, 0) is 9.59 Å². The molecule has 1 fully saturated rings. The molecule has 4 atom stereocenters. The van der Waals surface area contributed by atoms with Gasteiger partial charge in [-0.25, -0.2) is 0 Å². The van der Waals surface area contributed by atoms with Gasteiger partial charge in [-0.3, -0.25) is 4.79 Å². The monoisotopic (exact) mass is 419 g/mol. The molecule has 0 spiro atoms. The Hall–Kier alpha value is -2.91. The number of hydrogen-bond donors (Lipinski definition) is 1. The summed E-state index contributed by atoms with van der Waals surface area (Å²) >= 11 is 1.35. The van der Waals surface area contributed by atoms with Gasteiger partial charge in [0.15, 0.2) is 0 Å². The van der Waals surface area contributed by atoms with Crippen LogP contribution in [-0.4, -0.2) is 11.9 Å². The van der Waals surface area contributed by atoms with Gasteiger partial charge in [0, 0.05) is 22.3 Å². The van der Waals surface area contributed by atoms with Crippen molar-refractivity contribution >= 4 is 28.2 Å². The van der Waals surface area contributed by atoms with Crippen LogP contribution in [0.1, 0.15) is 42.2 Å². The number of thiophene rings is 1. The molecule has 2 bridgehead atoms. The van der Waals surface area contributed by atoms with Crippen LogP contribution in [0.5, 0.6) is 0 Å². The van der Waals surface area contributed by atoms with Gasteiger partial charge in [0.1, 0.15) is 11.1 Å². The highest BCUT2D eigenvalue weighted by atomic mass is 32.1. The highest BCUT2D eigenvalue weighted by molar-refractivity contribution is 7.17. The van der Waals surface area contributed by atoms with Gasteiger partial charge in [0.25, 0.3) is 0 Å². The number of nitrogens with zero attached hydrogens (tertiary/aromatic N) is 1. The van der Waals surface area contributed by atoms with Crippen LogP contribution < -0.4 is 10.4 Å². The summed E-state index contributed by atoms with van der Waals surface area (Å²) in [6.07, 6.45) is 4.48. The summed E-state index contributed by atoms with van der Waals surface area (Å²) in [6, 6.07) is 10.4. The lowest BCUT2D eigenvalue weighted by Gasteiger charge is -2.27. The lowest BCUT2D eigenvalue weighted by molar-refractivity contribution is -0.313. The van der Waals surface area contributed by atoms with Crippen molar-refractivity contribution < 1.29 is 14.7 Å². The molecule has 0 aliphatic heterocycles. The molecule has 1 aromatic carbocycles. The Balaban J connectivity index is 1.64. The van der Waals surface area contributed by atoms with Crippen LogP contribution in [0.2, 0.25) is 0 Å². The third-order valence-electron chi connectivity index (χ3n) is 6.33. The number of aryl methyl sites for hydroxylation is 1. The highest BCUT2D eigenvalue weighted by Gasteiger charge is 2.48. The molecule has 0 saturated heterocycles. The van der Waals surface area contributed by atoms with Crippen LogP contribution in [0.15, 0.2) is 36.4 Å². The maximum Gasteiger partial charge on any atom is 0.229 e. The molecular weight excluding hydrogens is 396 g/mol. The molecule has 0 radical (unpaired) electrons. The number of anilines is 1. The smallest absolute Gasteiger partial charge is 0.229 e. The zero-order chi connectivity index (χ0) is 21.6. The van der Waals surface area contributed by atoms with Gasteiger partial charge in [-0.15, -0.1) is 11.3 Å². The van der Waals surface area contributed by atoms with Gasteiger partial charge in [0.2, 0.25) is 5.91 Å². The molecule has 1 amide bonds. The van der Waals surface area contributed by atoms with Gasteiger partial charge in [-0.2, -0.15) is 5.26 Å². The number of fused-ring (bicyclic) bond motifs is 2. The van der Waals surface area contributed by atoms with E-state index in [0.717, 1.165) is 16.0 Å². The summed E-state index contributed by atoms with van der Waals surface area (Å²) in [5.41, 5.74) is 3.39. The minimum Gasteiger partial charge on any atom is -0.550 e. The number of rotatable bonds is 5. The van der Waals surface area contributed by atoms with Crippen LogP contribution in [0.25, 0.3) is 11.1 Å². The second kappa shape index (κ2) is 7.73. The molecule has 2 aromatic rings. The number of amides is 1. The molecule has 1 aromatic heterocycles. The maximum absolute atomic E-state index is 13.0. The predicted octanol–water partition coefficient (Wildman–Crippen LogP) is 3.85. The fraction of sp³-hybridized carbons (Fsp3) is 0.375. The second-order valence-corrected chi connectivity index (χ2v) is 9.66. The minimum absolute atomic E-state index is 0.0902. The SMILES string of the molecule is Cc1sc(NC(=O)[C@@H]2[C@@H](C(=O)[O-])[C@H]3C=C[C@@H]2C3)c(C#N)c1-c1ccc(C(C)C)cc1. The first kappa shape index (κ1) is 20.4. The van der Waals surface area contributed by atoms with E-state index in [9.17, 15) is 20.0 Å². The van der Waals surface area contributed by atoms with E-state index in [2.05, 4.69) is 37.4 Å². The van der Waals surface area contributed by atoms with Crippen molar-refractivity contribution in [2.45, 2.75) is 33.1 Å². The van der Waals surface area contributed by atoms with Crippen molar-refractivity contribution in [3.63, 3.8) is 0 Å². The number of allylic oxidation sites excluding steroid dienone is 2. The average Bonchev–Trinajstić information content (AvgIpc) is 3.40. The molecule has 1 saturated carbocycles. The Labute approximate surface area is 180 Å². The van der Waals surface area contributed by atoms with Gasteiger partial charge in [-0.1, -0.05) is 50.3 Å². The first-order chi connectivity index (χ1) is 14.3. The molecule has 0 unspecified atom stereocenters. The third kappa shape index (κ3) is 3.33. The molecule has 1 N–H and O–H groups in total. The molecule has 1 heterocycles. The van der Waals surface area contributed by atoms with E-state index < -0.39 is 17.8 Å². The largest absolute Gasteiger partial charge is 0.550 e. The van der Waals surface area contributed by atoms with E-state index in [4.69, 9.17) is 0 Å². The van der Waals surface area contributed by atoms with Crippen LogP contribution >= 0.6 is 11.3 Å². The Morgan fingerprint density at radius 1 is 1.17 bits per heavy atom. The van der Waals surface area contributed by atoms with E-state index in [1.54, 1.807) is 0 Å². The van der Waals surface area contributed by atoms with Crippen molar-refractivity contribution in [1.29, 1.82) is 5.26 Å². The highest BCUT2D eigenvalue weighted by Crippen LogP contribution is 2.49. The van der Waals surface area contributed by atoms with E-state index in [0.29, 0.717) is 22.9 Å². The summed E-state index contributed by atoms with van der Waals surface area (Å²) in [5, 5.41) is 24.8. The van der Waals surface area contributed by atoms with Crippen LogP contribution in [0.4, 0.5) is 5.00 Å². The Morgan fingerprint density at radius 2 is 1.80 bits per heavy atom. The van der Waals surface area contributed by atoms with Gasteiger partial charge >= 0.3 is 0 Å². The first-order valence-corrected chi connectivity index (χ1v) is 11.0. The number of nitriles is 1. The van der Waals surface area contributed by atoms with Crippen molar-refractivity contribution in [1.82, 2.24) is 0 Å². The van der Waals surface area contributed by atoms with Gasteiger partial charge in [-0.05, 0) is 42.2 Å². The van der Waals surface area contributed by atoms with E-state index in [1.165, 1.54) is 16.9 Å². The quantitative estimate of drug-likeness (QED) is 0.745. The Morgan fingerprint density at radius 3 is 2.37 bits per heavy atom. The fourth-order valence-electron chi connectivity index (χ4n) is 4.82. The summed E-state index contributed by atoms with van der Waals surface area (Å²) in [5.74, 6) is -2.82. The van der Waals surface area contributed by atoms with Crippen molar-refractivity contribution in [2.24, 2.45) is 23.7 Å². The number of carboxylic acids is 1. The molecule has 5 nitrogen and oxygen atoms in total. The Kier molecular flexibility index (Phi) is 5.25. The summed E-state index contributed by atoms with van der Waals surface area (Å²) in [6.45, 7) is 6.19. The molecule has 2 aliphatic rings. The number of carbonyl (C=O) groups excluding carboxylic acids is 2. The number of aliphatic carboxylic acids is 1. The second-order valence-electron chi connectivity index (χ2n) is 8.43. The van der Waals surface area contributed by atoms with Crippen molar-refractivity contribution in [3.8, 4) is 17.2 Å². The fourth-order valence-corrected chi connectivity index (χ4v) is 5.85. The number of carbonyl (C=O) groups is 2. The van der Waals surface area contributed by atoms with E-state index in [1.807, 2.05) is 31.2 Å². The molecule has 154 valence electrons. The molecule has 6 heteroatoms. The number of benzene rings is 1. The standard InChI is InChI=1S/C24H24N2O3S/c1-12(2)14-4-6-15(7-5-14)19-13(3)30-23(18(19)11-25)26-22(27)20-16-8-9-17(10-16)21(20)24(28)29/h4-9,12,16-17,20-21H,10H2,1-3H3,(H,26,27)(H,28,29)/p-1/t16-,17+,20+,21+/m1/s1. The average molecular weight is 420 g/mol. The molecule has 30 heavy (non-hydrogen) atoms. The normalized spacial score (nSPS) is 24.2. The van der Waals surface area contributed by atoms with E-state index in [-0.39, 0.29) is 17.7 Å². The van der Waals surface area contributed by atoms with Gasteiger partial charge in [0.05, 0.1) is 11.5 Å². The minimum atomic E-state index is -1.18. The maximum atomic E-state index is 13.0.